The van der Waals surface area contributed by atoms with E-state index in [9.17, 15) is 0 Å². The second-order valence-corrected chi connectivity index (χ2v) is 7.55. The minimum absolute atomic E-state index is 0.997. The van der Waals surface area contributed by atoms with E-state index in [4.69, 9.17) is 0 Å². The Balaban J connectivity index is 1.63. The normalized spacial score (nSPS) is 36.2. The Morgan fingerprint density at radius 3 is 1.58 bits per heavy atom. The lowest BCUT2D eigenvalue weighted by Crippen LogP contribution is -1.96. The van der Waals surface area contributed by atoms with Crippen LogP contribution in [0.3, 0.4) is 0 Å². The zero-order valence-corrected chi connectivity index (χ0v) is 13.3. The van der Waals surface area contributed by atoms with Crippen molar-refractivity contribution >= 4 is 0 Å². The third-order valence-corrected chi connectivity index (χ3v) is 5.62. The van der Waals surface area contributed by atoms with Crippen molar-refractivity contribution in [3.8, 4) is 0 Å². The minimum Gasteiger partial charge on any atom is -0.0625 e. The molecule has 19 heavy (non-hydrogen) atoms. The fraction of sp³-hybridized carbons (Fsp3) is 1.00. The highest BCUT2D eigenvalue weighted by atomic mass is 14.4. The number of hydrogen-bond donors (Lipinski definition) is 0. The molecule has 0 aromatic rings. The van der Waals surface area contributed by atoms with Crippen LogP contribution >= 0.6 is 0 Å². The molecule has 112 valence electrons. The maximum absolute atomic E-state index is 2.49. The van der Waals surface area contributed by atoms with Crippen LogP contribution in [0.5, 0.6) is 0 Å². The summed E-state index contributed by atoms with van der Waals surface area (Å²) in [6.07, 6.45) is 22.7. The topological polar surface area (TPSA) is 0 Å². The predicted octanol–water partition coefficient (Wildman–Crippen LogP) is 6.73. The summed E-state index contributed by atoms with van der Waals surface area (Å²) in [5.41, 5.74) is 0. The van der Waals surface area contributed by atoms with Gasteiger partial charge in [0.25, 0.3) is 0 Å². The van der Waals surface area contributed by atoms with Gasteiger partial charge in [-0.15, -0.1) is 0 Å². The molecule has 2 aliphatic rings. The zero-order valence-electron chi connectivity index (χ0n) is 13.3. The van der Waals surface area contributed by atoms with Crippen LogP contribution in [0.4, 0.5) is 0 Å². The van der Waals surface area contributed by atoms with E-state index in [2.05, 4.69) is 6.92 Å². The molecule has 0 aromatic carbocycles. The molecule has 0 nitrogen and oxygen atoms in total. The highest BCUT2D eigenvalue weighted by molar-refractivity contribution is 4.86. The lowest BCUT2D eigenvalue weighted by atomic mass is 9.96. The van der Waals surface area contributed by atoms with E-state index in [1.807, 2.05) is 0 Å². The Bertz CT molecular complexity index is 216. The predicted molar refractivity (Wildman–Crippen MR) is 85.4 cm³/mol. The van der Waals surface area contributed by atoms with Gasteiger partial charge in [0.05, 0.1) is 0 Å². The van der Waals surface area contributed by atoms with Crippen LogP contribution in [0.1, 0.15) is 103 Å². The molecule has 0 heteroatoms. The smallest absolute Gasteiger partial charge is 0.0383 e. The molecule has 0 N–H and O–H groups in total. The van der Waals surface area contributed by atoms with Crippen molar-refractivity contribution < 1.29 is 0 Å². The van der Waals surface area contributed by atoms with E-state index in [-0.39, 0.29) is 0 Å². The molecule has 2 saturated carbocycles. The first-order valence-corrected chi connectivity index (χ1v) is 9.36. The number of rotatable bonds is 0. The summed E-state index contributed by atoms with van der Waals surface area (Å²) >= 11 is 0. The summed E-state index contributed by atoms with van der Waals surface area (Å²) in [4.78, 5) is 0. The van der Waals surface area contributed by atoms with Gasteiger partial charge in [0.15, 0.2) is 0 Å². The van der Waals surface area contributed by atoms with Gasteiger partial charge in [-0.05, 0) is 30.6 Å². The van der Waals surface area contributed by atoms with E-state index >= 15 is 0 Å². The van der Waals surface area contributed by atoms with E-state index < -0.39 is 0 Å². The first-order valence-electron chi connectivity index (χ1n) is 9.36. The lowest BCUT2D eigenvalue weighted by molar-refractivity contribution is 0.423. The van der Waals surface area contributed by atoms with Crippen molar-refractivity contribution in [2.45, 2.75) is 103 Å². The molecule has 0 heterocycles. The molecule has 0 bridgehead atoms. The summed E-state index contributed by atoms with van der Waals surface area (Å²) < 4.78 is 0. The molecule has 0 radical (unpaired) electrons. The van der Waals surface area contributed by atoms with Gasteiger partial charge >= 0.3 is 0 Å². The van der Waals surface area contributed by atoms with Crippen LogP contribution in [-0.4, -0.2) is 0 Å². The maximum atomic E-state index is 2.49. The molecule has 2 aliphatic carbocycles. The Kier molecular flexibility index (Phi) is 7.32. The largest absolute Gasteiger partial charge is 0.0625 e. The molecule has 2 fully saturated rings. The van der Waals surface area contributed by atoms with Crippen LogP contribution in [0.25, 0.3) is 0 Å². The van der Waals surface area contributed by atoms with Crippen LogP contribution in [0.15, 0.2) is 0 Å². The fourth-order valence-corrected chi connectivity index (χ4v) is 3.97. The zero-order chi connectivity index (χ0) is 13.3. The van der Waals surface area contributed by atoms with Crippen molar-refractivity contribution in [1.29, 1.82) is 0 Å². The van der Waals surface area contributed by atoms with Crippen molar-refractivity contribution in [3.05, 3.63) is 0 Å². The second-order valence-electron chi connectivity index (χ2n) is 7.55. The SMILES string of the molecule is CC1CCCCCCCCCCCCC2CC2CC1. The van der Waals surface area contributed by atoms with Crippen molar-refractivity contribution in [1.82, 2.24) is 0 Å². The molecule has 3 atom stereocenters. The molecule has 2 rings (SSSR count). The minimum atomic E-state index is 0.997. The van der Waals surface area contributed by atoms with Gasteiger partial charge in [0.2, 0.25) is 0 Å². The Labute approximate surface area is 121 Å². The first-order chi connectivity index (χ1) is 9.36. The third kappa shape index (κ3) is 6.82. The van der Waals surface area contributed by atoms with Crippen LogP contribution in [0, 0.1) is 17.8 Å². The molecular formula is C19H36. The van der Waals surface area contributed by atoms with Gasteiger partial charge in [0, 0.05) is 0 Å². The van der Waals surface area contributed by atoms with Gasteiger partial charge in [-0.3, -0.25) is 0 Å². The number of fused-ring (bicyclic) bond motifs is 1. The van der Waals surface area contributed by atoms with Crippen LogP contribution in [0.2, 0.25) is 0 Å². The summed E-state index contributed by atoms with van der Waals surface area (Å²) in [5.74, 6) is 3.28. The van der Waals surface area contributed by atoms with Crippen LogP contribution < -0.4 is 0 Å². The second kappa shape index (κ2) is 9.03. The number of hydrogen-bond acceptors (Lipinski definition) is 0. The Morgan fingerprint density at radius 2 is 0.947 bits per heavy atom. The summed E-state index contributed by atoms with van der Waals surface area (Å²) in [7, 11) is 0. The molecule has 0 saturated heterocycles. The highest BCUT2D eigenvalue weighted by Crippen LogP contribution is 2.46. The van der Waals surface area contributed by atoms with E-state index in [0.717, 1.165) is 17.8 Å². The van der Waals surface area contributed by atoms with Crippen LogP contribution in [-0.2, 0) is 0 Å². The van der Waals surface area contributed by atoms with Gasteiger partial charge in [-0.25, -0.2) is 0 Å². The lowest BCUT2D eigenvalue weighted by Gasteiger charge is -2.10. The summed E-state index contributed by atoms with van der Waals surface area (Å²) in [5, 5.41) is 0. The summed E-state index contributed by atoms with van der Waals surface area (Å²) in [6.45, 7) is 2.49. The third-order valence-electron chi connectivity index (χ3n) is 5.62. The molecule has 0 aliphatic heterocycles. The van der Waals surface area contributed by atoms with E-state index in [0.29, 0.717) is 0 Å². The molecule has 3 unspecified atom stereocenters. The van der Waals surface area contributed by atoms with Gasteiger partial charge in [-0.2, -0.15) is 0 Å². The maximum Gasteiger partial charge on any atom is -0.0383 e. The molecular weight excluding hydrogens is 228 g/mol. The summed E-state index contributed by atoms with van der Waals surface area (Å²) in [6, 6.07) is 0. The Hall–Kier alpha value is 0. The van der Waals surface area contributed by atoms with Gasteiger partial charge < -0.3 is 0 Å². The van der Waals surface area contributed by atoms with Gasteiger partial charge in [-0.1, -0.05) is 90.4 Å². The first kappa shape index (κ1) is 15.4. The fourth-order valence-electron chi connectivity index (χ4n) is 3.97. The van der Waals surface area contributed by atoms with Crippen molar-refractivity contribution in [2.24, 2.45) is 17.8 Å². The Morgan fingerprint density at radius 1 is 0.474 bits per heavy atom. The van der Waals surface area contributed by atoms with Crippen molar-refractivity contribution in [2.75, 3.05) is 0 Å². The highest BCUT2D eigenvalue weighted by Gasteiger charge is 2.35. The van der Waals surface area contributed by atoms with E-state index in [1.165, 1.54) is 77.0 Å². The average Bonchev–Trinajstić information content (AvgIpc) is 3.15. The van der Waals surface area contributed by atoms with Crippen molar-refractivity contribution in [3.63, 3.8) is 0 Å². The molecule has 0 spiro atoms. The quantitative estimate of drug-likeness (QED) is 0.455. The molecule has 0 amide bonds. The van der Waals surface area contributed by atoms with Gasteiger partial charge in [0.1, 0.15) is 0 Å². The van der Waals surface area contributed by atoms with E-state index in [1.54, 1.807) is 19.3 Å². The average molecular weight is 264 g/mol. The monoisotopic (exact) mass is 264 g/mol. The standard InChI is InChI=1S/C19H36/c1-17-12-10-8-6-4-2-3-5-7-9-11-13-18-16-19(18)15-14-17/h17-19H,2-16H2,1H3. The molecule has 0 aromatic heterocycles.